The van der Waals surface area contributed by atoms with Gasteiger partial charge in [0.2, 0.25) is 5.91 Å². The molecule has 2 heterocycles. The van der Waals surface area contributed by atoms with Gasteiger partial charge in [-0.05, 0) is 24.8 Å². The first kappa shape index (κ1) is 18.8. The Morgan fingerprint density at radius 3 is 2.50 bits per heavy atom. The van der Waals surface area contributed by atoms with Gasteiger partial charge in [0.15, 0.2) is 5.16 Å². The van der Waals surface area contributed by atoms with Gasteiger partial charge in [-0.2, -0.15) is 0 Å². The molecule has 140 valence electrons. The third kappa shape index (κ3) is 5.24. The van der Waals surface area contributed by atoms with E-state index in [1.54, 1.807) is 4.57 Å². The maximum atomic E-state index is 12.5. The summed E-state index contributed by atoms with van der Waals surface area (Å²) in [6.07, 6.45) is 6.61. The largest absolute Gasteiger partial charge is 0.343 e. The molecule has 0 spiro atoms. The van der Waals surface area contributed by atoms with E-state index in [4.69, 9.17) is 0 Å². The van der Waals surface area contributed by atoms with Crippen LogP contribution in [0.15, 0.2) is 40.3 Å². The molecule has 1 aromatic carbocycles. The lowest BCUT2D eigenvalue weighted by molar-refractivity contribution is -0.128. The summed E-state index contributed by atoms with van der Waals surface area (Å²) in [7, 11) is 0. The number of aryl methyl sites for hydroxylation is 1. The van der Waals surface area contributed by atoms with Crippen LogP contribution in [0.1, 0.15) is 37.7 Å². The van der Waals surface area contributed by atoms with Crippen molar-refractivity contribution in [1.29, 1.82) is 0 Å². The topological polar surface area (TPSA) is 71.0 Å². The van der Waals surface area contributed by atoms with Gasteiger partial charge < -0.3 is 4.90 Å². The van der Waals surface area contributed by atoms with E-state index in [-0.39, 0.29) is 11.6 Å². The fourth-order valence-electron chi connectivity index (χ4n) is 3.21. The van der Waals surface area contributed by atoms with Crippen molar-refractivity contribution in [2.45, 2.75) is 50.2 Å². The number of hydrogen-bond donors (Lipinski definition) is 1. The van der Waals surface area contributed by atoms with Crippen LogP contribution in [-0.4, -0.2) is 44.4 Å². The van der Waals surface area contributed by atoms with E-state index in [0.29, 0.717) is 17.5 Å². The Bertz CT molecular complexity index is 748. The van der Waals surface area contributed by atoms with Crippen molar-refractivity contribution in [2.75, 3.05) is 18.8 Å². The second-order valence-electron chi connectivity index (χ2n) is 6.64. The third-order valence-electron chi connectivity index (χ3n) is 4.72. The lowest BCUT2D eigenvalue weighted by atomic mass is 10.1. The zero-order valence-electron chi connectivity index (χ0n) is 15.0. The second-order valence-corrected chi connectivity index (χ2v) is 7.58. The number of nitrogens with zero attached hydrogens (tertiary/aromatic N) is 3. The molecule has 0 unspecified atom stereocenters. The van der Waals surface area contributed by atoms with Crippen LogP contribution in [0, 0.1) is 0 Å². The Hall–Kier alpha value is -2.02. The van der Waals surface area contributed by atoms with Crippen LogP contribution in [-0.2, 0) is 17.8 Å². The first-order valence-corrected chi connectivity index (χ1v) is 10.3. The van der Waals surface area contributed by atoms with Crippen LogP contribution in [0.25, 0.3) is 0 Å². The lowest BCUT2D eigenvalue weighted by Crippen LogP contribution is -2.35. The highest BCUT2D eigenvalue weighted by atomic mass is 32.2. The quantitative estimate of drug-likeness (QED) is 0.789. The summed E-state index contributed by atoms with van der Waals surface area (Å²) in [6, 6.07) is 10.1. The Labute approximate surface area is 158 Å². The monoisotopic (exact) mass is 374 g/mol. The average molecular weight is 375 g/mol. The van der Waals surface area contributed by atoms with Crippen LogP contribution in [0.4, 0.5) is 0 Å². The fourth-order valence-corrected chi connectivity index (χ4v) is 4.09. The zero-order valence-corrected chi connectivity index (χ0v) is 15.8. The molecule has 0 saturated carbocycles. The molecule has 1 saturated heterocycles. The van der Waals surface area contributed by atoms with Gasteiger partial charge in [0.05, 0.1) is 5.75 Å². The van der Waals surface area contributed by atoms with Crippen LogP contribution in [0.3, 0.4) is 0 Å². The minimum Gasteiger partial charge on any atom is -0.342 e. The molecule has 0 radical (unpaired) electrons. The second kappa shape index (κ2) is 9.62. The molecule has 26 heavy (non-hydrogen) atoms. The number of thioether (sulfide) groups is 1. The Kier molecular flexibility index (Phi) is 6.94. The standard InChI is InChI=1S/C19H26N4O2S/c24-17(22-12-7-2-1-3-8-13-22)15-26-19-21-20-18(25)23(19)14-11-16-9-5-4-6-10-16/h4-6,9-10H,1-3,7-8,11-15H2,(H,20,25). The van der Waals surface area contributed by atoms with E-state index >= 15 is 0 Å². The van der Waals surface area contributed by atoms with Crippen molar-refractivity contribution in [3.05, 3.63) is 46.4 Å². The molecule has 1 aliphatic heterocycles. The number of H-pyrrole nitrogens is 1. The highest BCUT2D eigenvalue weighted by molar-refractivity contribution is 7.99. The number of rotatable bonds is 6. The van der Waals surface area contributed by atoms with E-state index in [0.717, 1.165) is 32.4 Å². The molecule has 1 aromatic heterocycles. The molecule has 0 atom stereocenters. The molecule has 1 fully saturated rings. The van der Waals surface area contributed by atoms with Gasteiger partial charge in [0.1, 0.15) is 0 Å². The molecule has 6 nitrogen and oxygen atoms in total. The minimum atomic E-state index is -0.220. The van der Waals surface area contributed by atoms with Crippen molar-refractivity contribution in [3.63, 3.8) is 0 Å². The number of carbonyl (C=O) groups is 1. The smallest absolute Gasteiger partial charge is 0.342 e. The van der Waals surface area contributed by atoms with Crippen LogP contribution < -0.4 is 5.69 Å². The van der Waals surface area contributed by atoms with Gasteiger partial charge in [0, 0.05) is 19.6 Å². The summed E-state index contributed by atoms with van der Waals surface area (Å²) in [6.45, 7) is 2.25. The molecule has 1 amide bonds. The van der Waals surface area contributed by atoms with Gasteiger partial charge in [0.25, 0.3) is 0 Å². The first-order chi connectivity index (χ1) is 12.7. The molecular formula is C19H26N4O2S. The third-order valence-corrected chi connectivity index (χ3v) is 5.68. The van der Waals surface area contributed by atoms with E-state index < -0.39 is 0 Å². The molecule has 7 heteroatoms. The predicted molar refractivity (Wildman–Crippen MR) is 103 cm³/mol. The number of benzene rings is 1. The maximum Gasteiger partial charge on any atom is 0.343 e. The number of hydrogen-bond acceptors (Lipinski definition) is 4. The van der Waals surface area contributed by atoms with Crippen LogP contribution in [0.5, 0.6) is 0 Å². The van der Waals surface area contributed by atoms with Crippen molar-refractivity contribution in [3.8, 4) is 0 Å². The van der Waals surface area contributed by atoms with Crippen molar-refractivity contribution in [2.24, 2.45) is 0 Å². The highest BCUT2D eigenvalue weighted by Crippen LogP contribution is 2.17. The SMILES string of the molecule is O=C(CSc1n[nH]c(=O)n1CCc1ccccc1)N1CCCCCCC1. The molecular weight excluding hydrogens is 348 g/mol. The van der Waals surface area contributed by atoms with Gasteiger partial charge in [-0.15, -0.1) is 5.10 Å². The van der Waals surface area contributed by atoms with Gasteiger partial charge in [-0.25, -0.2) is 9.89 Å². The first-order valence-electron chi connectivity index (χ1n) is 9.34. The summed E-state index contributed by atoms with van der Waals surface area (Å²) in [5, 5.41) is 7.19. The van der Waals surface area contributed by atoms with Gasteiger partial charge in [-0.1, -0.05) is 61.4 Å². The fraction of sp³-hybridized carbons (Fsp3) is 0.526. The van der Waals surface area contributed by atoms with E-state index in [9.17, 15) is 9.59 Å². The van der Waals surface area contributed by atoms with Crippen molar-refractivity contribution in [1.82, 2.24) is 19.7 Å². The number of likely N-dealkylation sites (tertiary alicyclic amines) is 1. The number of aromatic amines is 1. The maximum absolute atomic E-state index is 12.5. The van der Waals surface area contributed by atoms with E-state index in [1.807, 2.05) is 35.2 Å². The lowest BCUT2D eigenvalue weighted by Gasteiger charge is -2.24. The Morgan fingerprint density at radius 1 is 1.08 bits per heavy atom. The molecule has 0 bridgehead atoms. The summed E-state index contributed by atoms with van der Waals surface area (Å²) in [5.41, 5.74) is 0.954. The summed E-state index contributed by atoms with van der Waals surface area (Å²) in [4.78, 5) is 26.5. The molecule has 0 aliphatic carbocycles. The van der Waals surface area contributed by atoms with Crippen molar-refractivity contribution >= 4 is 17.7 Å². The van der Waals surface area contributed by atoms with E-state index in [1.165, 1.54) is 36.6 Å². The number of amides is 1. The molecule has 2 aromatic rings. The van der Waals surface area contributed by atoms with E-state index in [2.05, 4.69) is 10.2 Å². The minimum absolute atomic E-state index is 0.141. The summed E-state index contributed by atoms with van der Waals surface area (Å²) in [5.74, 6) is 0.470. The summed E-state index contributed by atoms with van der Waals surface area (Å²) < 4.78 is 1.62. The Balaban J connectivity index is 1.56. The number of nitrogens with one attached hydrogen (secondary N) is 1. The van der Waals surface area contributed by atoms with Crippen LogP contribution >= 0.6 is 11.8 Å². The number of carbonyl (C=O) groups excluding carboxylic acids is 1. The normalized spacial score (nSPS) is 15.5. The van der Waals surface area contributed by atoms with Crippen LogP contribution in [0.2, 0.25) is 0 Å². The van der Waals surface area contributed by atoms with Gasteiger partial charge in [-0.3, -0.25) is 9.36 Å². The average Bonchev–Trinajstić information content (AvgIpc) is 2.98. The molecule has 3 rings (SSSR count). The Morgan fingerprint density at radius 2 is 1.77 bits per heavy atom. The number of aromatic nitrogens is 3. The highest BCUT2D eigenvalue weighted by Gasteiger charge is 2.17. The molecule has 1 aliphatic rings. The van der Waals surface area contributed by atoms with Gasteiger partial charge >= 0.3 is 5.69 Å². The van der Waals surface area contributed by atoms with Crippen molar-refractivity contribution < 1.29 is 4.79 Å². The summed E-state index contributed by atoms with van der Waals surface area (Å²) >= 11 is 1.35. The zero-order chi connectivity index (χ0) is 18.2. The predicted octanol–water partition coefficient (Wildman–Crippen LogP) is 2.70. The molecule has 1 N–H and O–H groups in total.